The van der Waals surface area contributed by atoms with Crippen LogP contribution in [0, 0.1) is 0 Å². The Bertz CT molecular complexity index is 3510. The minimum Gasteiger partial charge on any atom is -0.368 e. The van der Waals surface area contributed by atoms with E-state index in [-0.39, 0.29) is 32.1 Å². The van der Waals surface area contributed by atoms with Gasteiger partial charge in [0.15, 0.2) is 0 Å². The zero-order valence-electron chi connectivity index (χ0n) is 59.2. The van der Waals surface area contributed by atoms with Crippen molar-refractivity contribution in [2.75, 3.05) is 98.2 Å². The fourth-order valence-electron chi connectivity index (χ4n) is 12.2. The molecule has 6 atom stereocenters. The monoisotopic (exact) mass is 1370 g/mol. The highest BCUT2D eigenvalue weighted by Gasteiger charge is 2.37. The largest absolute Gasteiger partial charge is 0.368 e. The molecule has 0 saturated carbocycles. The molecule has 100 heavy (non-hydrogen) atoms. The van der Waals surface area contributed by atoms with E-state index in [0.29, 0.717) is 68.6 Å². The number of benzene rings is 6. The summed E-state index contributed by atoms with van der Waals surface area (Å²) in [5.74, 6) is -5.08. The van der Waals surface area contributed by atoms with E-state index in [1.54, 1.807) is 27.7 Å². The number of amides is 9. The van der Waals surface area contributed by atoms with E-state index >= 15 is 28.8 Å². The summed E-state index contributed by atoms with van der Waals surface area (Å²) >= 11 is 0. The molecule has 6 aromatic carbocycles. The molecule has 9 N–H and O–H groups in total. The second-order valence-corrected chi connectivity index (χ2v) is 25.4. The van der Waals surface area contributed by atoms with Crippen molar-refractivity contribution < 1.29 is 43.2 Å². The number of nitrogens with two attached hydrogens (primary N) is 4. The Morgan fingerprint density at radius 3 is 0.760 bits per heavy atom. The topological polar surface area (TPSA) is 296 Å². The maximum atomic E-state index is 15.7. The fraction of sp³-hybridized carbons (Fsp3) is 0.423. The van der Waals surface area contributed by atoms with Crippen LogP contribution in [0.15, 0.2) is 182 Å². The van der Waals surface area contributed by atoms with Gasteiger partial charge in [0.25, 0.3) is 0 Å². The van der Waals surface area contributed by atoms with Gasteiger partial charge in [0.05, 0.1) is 62.4 Å². The van der Waals surface area contributed by atoms with Crippen LogP contribution in [0.5, 0.6) is 0 Å². The maximum absolute atomic E-state index is 15.7. The van der Waals surface area contributed by atoms with Crippen LogP contribution < -0.4 is 28.3 Å². The Balaban J connectivity index is 1.34. The first-order chi connectivity index (χ1) is 48.2. The van der Waals surface area contributed by atoms with Crippen LogP contribution in [0.25, 0.3) is 0 Å². The molecule has 536 valence electrons. The molecule has 0 aliphatic heterocycles. The summed E-state index contributed by atoms with van der Waals surface area (Å²) in [7, 11) is 0. The molecule has 22 heteroatoms. The predicted molar refractivity (Wildman–Crippen MR) is 390 cm³/mol. The number of carbonyl (C=O) groups is 9. The summed E-state index contributed by atoms with van der Waals surface area (Å²) in [4.78, 5) is 145. The third kappa shape index (κ3) is 24.1. The van der Waals surface area contributed by atoms with E-state index < -0.39 is 129 Å². The van der Waals surface area contributed by atoms with Gasteiger partial charge in [-0.25, -0.2) is 0 Å². The lowest BCUT2D eigenvalue weighted by atomic mass is 10.0. The molecule has 0 saturated heterocycles. The lowest BCUT2D eigenvalue weighted by Gasteiger charge is -2.37. The molecule has 0 aliphatic carbocycles. The summed E-state index contributed by atoms with van der Waals surface area (Å²) in [6.45, 7) is 8.63. The van der Waals surface area contributed by atoms with Crippen molar-refractivity contribution in [1.82, 2.24) is 44.5 Å². The highest BCUT2D eigenvalue weighted by Crippen LogP contribution is 2.29. The van der Waals surface area contributed by atoms with Crippen LogP contribution in [0.2, 0.25) is 0 Å². The summed E-state index contributed by atoms with van der Waals surface area (Å²) in [5.41, 5.74) is 27.9. The first-order valence-electron chi connectivity index (χ1n) is 34.9. The normalized spacial score (nSPS) is 12.9. The fourth-order valence-corrected chi connectivity index (χ4v) is 12.2. The standard InChI is InChI=1S/C78H105N13O9/c1-58(64-31-13-7-14-32-64)86(50-70(82)92)76(98)56-90(62(5)68-39-21-11-22-40-68)74(96)51-84(47-29-26-44-80)73(95)54-89(61(4)67-37-19-10-20-38-67)78(100)57-91(63(6)69-41-23-12-24-42-69)75(97)52-85(48-30-27-45-81)72(94)53-88(60(3)66-35-17-9-18-36-66)77(99)55-87(59(2)65-33-15-8-16-34-65)71(93)49-83-46-28-25-43-79/h7-24,31-42,58-63,83H,25-30,43-57,79-81H2,1-6H3,(H2,82,92)/t58-,59-,60+,61+,62-,63-/m1/s1. The zero-order valence-corrected chi connectivity index (χ0v) is 59.2. The average molecular weight is 1370 g/mol. The first-order valence-corrected chi connectivity index (χ1v) is 34.9. The number of unbranched alkanes of at least 4 members (excludes halogenated alkanes) is 3. The van der Waals surface area contributed by atoms with Gasteiger partial charge in [0, 0.05) is 13.1 Å². The molecule has 0 heterocycles. The molecule has 6 rings (SSSR count). The second-order valence-electron chi connectivity index (χ2n) is 25.4. The SMILES string of the molecule is C[C@H](c1ccccc1)N(CC(N)=O)C(=O)CN(C(=O)CN(CCCCN)C(=O)CN(C(=O)CN(C(=O)CN(CCCCN)C(=O)CN(C(=O)CN(C(=O)CNCCCCN)[C@H](C)c1ccccc1)[C@@H](C)c1ccccc1)[C@H](C)c1ccccc1)[C@@H](C)c1ccccc1)[C@H](C)c1ccccc1. The molecule has 0 bridgehead atoms. The minimum atomic E-state index is -0.776. The highest BCUT2D eigenvalue weighted by atomic mass is 16.2. The van der Waals surface area contributed by atoms with Crippen molar-refractivity contribution in [1.29, 1.82) is 0 Å². The zero-order chi connectivity index (χ0) is 72.5. The van der Waals surface area contributed by atoms with Crippen molar-refractivity contribution >= 4 is 53.2 Å². The van der Waals surface area contributed by atoms with Gasteiger partial charge in [-0.15, -0.1) is 0 Å². The van der Waals surface area contributed by atoms with Gasteiger partial charge in [-0.05, 0) is 140 Å². The second kappa shape index (κ2) is 41.7. The Kier molecular flexibility index (Phi) is 33.1. The van der Waals surface area contributed by atoms with Crippen molar-refractivity contribution in [3.8, 4) is 0 Å². The summed E-state index contributed by atoms with van der Waals surface area (Å²) in [6.07, 6.45) is 3.32. The molecule has 22 nitrogen and oxygen atoms in total. The molecule has 6 aromatic rings. The van der Waals surface area contributed by atoms with Gasteiger partial charge in [-0.2, -0.15) is 0 Å². The van der Waals surface area contributed by atoms with Crippen molar-refractivity contribution in [3.63, 3.8) is 0 Å². The Morgan fingerprint density at radius 1 is 0.290 bits per heavy atom. The van der Waals surface area contributed by atoms with Crippen LogP contribution >= 0.6 is 0 Å². The van der Waals surface area contributed by atoms with Crippen molar-refractivity contribution in [2.45, 2.75) is 116 Å². The number of carbonyl (C=O) groups excluding carboxylic acids is 9. The Hall–Kier alpha value is -9.61. The molecule has 0 aliphatic rings. The summed E-state index contributed by atoms with van der Waals surface area (Å²) in [6, 6.07) is 51.1. The van der Waals surface area contributed by atoms with Crippen molar-refractivity contribution in [2.24, 2.45) is 22.9 Å². The van der Waals surface area contributed by atoms with Crippen LogP contribution in [0.1, 0.15) is 150 Å². The lowest BCUT2D eigenvalue weighted by Crippen LogP contribution is -2.53. The van der Waals surface area contributed by atoms with Crippen molar-refractivity contribution in [3.05, 3.63) is 215 Å². The molecule has 0 spiro atoms. The Labute approximate surface area is 590 Å². The van der Waals surface area contributed by atoms with E-state index in [1.807, 2.05) is 196 Å². The number of hydrogen-bond acceptors (Lipinski definition) is 13. The average Bonchev–Trinajstić information content (AvgIpc) is 0.830. The van der Waals surface area contributed by atoms with E-state index in [0.717, 1.165) is 29.5 Å². The highest BCUT2D eigenvalue weighted by molar-refractivity contribution is 5.94. The minimum absolute atomic E-state index is 0.0384. The smallest absolute Gasteiger partial charge is 0.243 e. The molecule has 0 fully saturated rings. The quantitative estimate of drug-likeness (QED) is 0.0233. The van der Waals surface area contributed by atoms with E-state index in [1.165, 1.54) is 39.2 Å². The number of primary amides is 1. The Morgan fingerprint density at radius 2 is 0.510 bits per heavy atom. The van der Waals surface area contributed by atoms with Gasteiger partial charge in [0.2, 0.25) is 53.2 Å². The van der Waals surface area contributed by atoms with E-state index in [9.17, 15) is 14.4 Å². The van der Waals surface area contributed by atoms with Gasteiger partial charge in [0.1, 0.15) is 32.7 Å². The number of nitrogens with one attached hydrogen (secondary N) is 1. The van der Waals surface area contributed by atoms with Gasteiger partial charge in [-0.1, -0.05) is 182 Å². The molecule has 0 aromatic heterocycles. The van der Waals surface area contributed by atoms with Gasteiger partial charge < -0.3 is 67.5 Å². The molecular weight excluding hydrogens is 1260 g/mol. The van der Waals surface area contributed by atoms with E-state index in [4.69, 9.17) is 22.9 Å². The molecule has 0 unspecified atom stereocenters. The summed E-state index contributed by atoms with van der Waals surface area (Å²) < 4.78 is 0. The van der Waals surface area contributed by atoms with Crippen LogP contribution in [-0.4, -0.2) is 191 Å². The summed E-state index contributed by atoms with van der Waals surface area (Å²) in [5, 5.41) is 3.21. The third-order valence-corrected chi connectivity index (χ3v) is 18.5. The molecular formula is C78H105N13O9. The van der Waals surface area contributed by atoms with E-state index in [2.05, 4.69) is 5.32 Å². The van der Waals surface area contributed by atoms with Gasteiger partial charge in [-0.3, -0.25) is 43.2 Å². The maximum Gasteiger partial charge on any atom is 0.243 e. The van der Waals surface area contributed by atoms with Crippen LogP contribution in [0.4, 0.5) is 0 Å². The number of nitrogens with zero attached hydrogens (tertiary/aromatic N) is 8. The van der Waals surface area contributed by atoms with Crippen LogP contribution in [0.3, 0.4) is 0 Å². The first kappa shape index (κ1) is 79.4. The molecule has 0 radical (unpaired) electrons. The third-order valence-electron chi connectivity index (χ3n) is 18.5. The number of hydrogen-bond donors (Lipinski definition) is 5. The van der Waals surface area contributed by atoms with Gasteiger partial charge >= 0.3 is 0 Å². The number of rotatable bonds is 42. The lowest BCUT2D eigenvalue weighted by molar-refractivity contribution is -0.151. The molecule has 9 amide bonds. The van der Waals surface area contributed by atoms with Crippen LogP contribution in [-0.2, 0) is 43.2 Å². The predicted octanol–water partition coefficient (Wildman–Crippen LogP) is 7.47.